The van der Waals surface area contributed by atoms with Crippen LogP contribution in [0.4, 0.5) is 4.79 Å². The summed E-state index contributed by atoms with van der Waals surface area (Å²) in [5, 5.41) is 0. The van der Waals surface area contributed by atoms with Crippen molar-refractivity contribution in [2.45, 2.75) is 16.7 Å². The third-order valence-electron chi connectivity index (χ3n) is 7.84. The first-order valence-corrected chi connectivity index (χ1v) is 15.2. The average Bonchev–Trinajstić information content (AvgIpc) is 3.39. The Morgan fingerprint density at radius 3 is 1.53 bits per heavy atom. The molecule has 0 aromatic heterocycles. The number of carbonyl (C=O) groups is 2. The number of rotatable bonds is 9. The van der Waals surface area contributed by atoms with Gasteiger partial charge in [-0.3, -0.25) is 0 Å². The lowest BCUT2D eigenvalue weighted by Crippen LogP contribution is -2.38. The van der Waals surface area contributed by atoms with Crippen molar-refractivity contribution in [1.29, 1.82) is 0 Å². The highest BCUT2D eigenvalue weighted by Crippen LogP contribution is 2.48. The van der Waals surface area contributed by atoms with E-state index >= 15 is 0 Å². The van der Waals surface area contributed by atoms with E-state index in [4.69, 9.17) is 15.2 Å². The fourth-order valence-corrected chi connectivity index (χ4v) is 7.30. The van der Waals surface area contributed by atoms with E-state index in [2.05, 4.69) is 48.5 Å². The van der Waals surface area contributed by atoms with E-state index in [1.54, 1.807) is 0 Å². The summed E-state index contributed by atoms with van der Waals surface area (Å²) >= 11 is 1.53. The van der Waals surface area contributed by atoms with Gasteiger partial charge in [0.15, 0.2) is 0 Å². The molecular formula is C37H31NO4S. The lowest BCUT2D eigenvalue weighted by atomic mass is 9.84. The largest absolute Gasteiger partial charge is 0.516 e. The summed E-state index contributed by atoms with van der Waals surface area (Å²) in [7, 11) is 0. The topological polar surface area (TPSA) is 78.6 Å². The van der Waals surface area contributed by atoms with Crippen molar-refractivity contribution < 1.29 is 19.1 Å². The van der Waals surface area contributed by atoms with Gasteiger partial charge in [-0.2, -0.15) is 0 Å². The second-order valence-electron chi connectivity index (χ2n) is 10.4. The van der Waals surface area contributed by atoms with Crippen LogP contribution in [0.15, 0.2) is 140 Å². The van der Waals surface area contributed by atoms with E-state index in [0.29, 0.717) is 0 Å². The number of nitrogens with two attached hydrogens (primary N) is 1. The Morgan fingerprint density at radius 1 is 0.651 bits per heavy atom. The Hall–Kier alpha value is -4.65. The summed E-state index contributed by atoms with van der Waals surface area (Å²) in [5.41, 5.74) is 13.9. The molecule has 6 heteroatoms. The predicted molar refractivity (Wildman–Crippen MR) is 171 cm³/mol. The molecule has 2 N–H and O–H groups in total. The molecule has 0 aliphatic heterocycles. The molecule has 1 atom stereocenters. The molecule has 0 spiro atoms. The maximum Gasteiger partial charge on any atom is 0.516 e. The van der Waals surface area contributed by atoms with Gasteiger partial charge in [0, 0.05) is 11.7 Å². The smallest absolute Gasteiger partial charge is 0.433 e. The molecule has 5 aromatic carbocycles. The Balaban J connectivity index is 1.16. The normalized spacial score (nSPS) is 13.0. The number of hydrogen-bond acceptors (Lipinski definition) is 6. The van der Waals surface area contributed by atoms with Gasteiger partial charge >= 0.3 is 12.1 Å². The number of hydrogen-bond donors (Lipinski definition) is 1. The summed E-state index contributed by atoms with van der Waals surface area (Å²) in [6.07, 6.45) is -1.05. The standard InChI is InChI=1S/C37H31NO4S/c38-34(35(39)42-36(40)41-24-33-31-22-12-10-20-29(31)30-21-11-13-23-32(30)33)25-43-37(26-14-4-1-5-15-26,27-16-6-2-7-17-27)28-18-8-3-9-19-28/h1-23,33-34H,24-25,38H2/t34-/m0/s1. The third-order valence-corrected chi connectivity index (χ3v) is 9.50. The van der Waals surface area contributed by atoms with E-state index < -0.39 is 22.9 Å². The summed E-state index contributed by atoms with van der Waals surface area (Å²) in [6, 6.07) is 45.5. The van der Waals surface area contributed by atoms with Crippen LogP contribution in [-0.2, 0) is 19.0 Å². The van der Waals surface area contributed by atoms with Crippen LogP contribution < -0.4 is 5.73 Å². The fraction of sp³-hybridized carbons (Fsp3) is 0.135. The average molecular weight is 586 g/mol. The van der Waals surface area contributed by atoms with Gasteiger partial charge in [0.1, 0.15) is 12.6 Å². The van der Waals surface area contributed by atoms with Crippen molar-refractivity contribution in [1.82, 2.24) is 0 Å². The molecule has 0 amide bonds. The van der Waals surface area contributed by atoms with Crippen LogP contribution in [0.25, 0.3) is 11.1 Å². The molecule has 0 saturated carbocycles. The van der Waals surface area contributed by atoms with Crippen LogP contribution in [0.1, 0.15) is 33.7 Å². The van der Waals surface area contributed by atoms with Crippen LogP contribution in [-0.4, -0.2) is 30.5 Å². The first-order valence-electron chi connectivity index (χ1n) is 14.2. The van der Waals surface area contributed by atoms with Crippen molar-refractivity contribution >= 4 is 23.9 Å². The highest BCUT2D eigenvalue weighted by molar-refractivity contribution is 8.00. The lowest BCUT2D eigenvalue weighted by Gasteiger charge is -2.36. The van der Waals surface area contributed by atoms with Crippen molar-refractivity contribution in [3.63, 3.8) is 0 Å². The Kier molecular flexibility index (Phi) is 8.40. The maximum atomic E-state index is 13.0. The van der Waals surface area contributed by atoms with E-state index in [1.807, 2.05) is 91.0 Å². The Bertz CT molecular complexity index is 1570. The molecule has 0 heterocycles. The van der Waals surface area contributed by atoms with Crippen LogP contribution in [0.2, 0.25) is 0 Å². The van der Waals surface area contributed by atoms with E-state index in [1.165, 1.54) is 11.8 Å². The second kappa shape index (κ2) is 12.7. The van der Waals surface area contributed by atoms with Gasteiger partial charge in [0.2, 0.25) is 0 Å². The van der Waals surface area contributed by atoms with Crippen LogP contribution in [0.3, 0.4) is 0 Å². The molecule has 1 aliphatic rings. The quantitative estimate of drug-likeness (QED) is 0.109. The Labute approximate surface area is 255 Å². The molecule has 0 fully saturated rings. The minimum absolute atomic E-state index is 0.0588. The van der Waals surface area contributed by atoms with Crippen LogP contribution >= 0.6 is 11.8 Å². The zero-order valence-corrected chi connectivity index (χ0v) is 24.3. The third kappa shape index (κ3) is 5.72. The zero-order chi connectivity index (χ0) is 29.6. The maximum absolute atomic E-state index is 13.0. The predicted octanol–water partition coefficient (Wildman–Crippen LogP) is 7.53. The monoisotopic (exact) mass is 585 g/mol. The minimum atomic E-state index is -1.05. The van der Waals surface area contributed by atoms with Crippen LogP contribution in [0.5, 0.6) is 0 Å². The molecule has 43 heavy (non-hydrogen) atoms. The van der Waals surface area contributed by atoms with E-state index in [0.717, 1.165) is 38.9 Å². The minimum Gasteiger partial charge on any atom is -0.433 e. The number of esters is 1. The fourth-order valence-electron chi connectivity index (χ4n) is 5.83. The number of thioether (sulfide) groups is 1. The van der Waals surface area contributed by atoms with Crippen molar-refractivity contribution in [2.24, 2.45) is 5.73 Å². The van der Waals surface area contributed by atoms with Gasteiger partial charge < -0.3 is 15.2 Å². The van der Waals surface area contributed by atoms with Crippen molar-refractivity contribution in [3.05, 3.63) is 167 Å². The van der Waals surface area contributed by atoms with Gasteiger partial charge in [-0.1, -0.05) is 140 Å². The zero-order valence-electron chi connectivity index (χ0n) is 23.5. The number of benzene rings is 5. The van der Waals surface area contributed by atoms with Gasteiger partial charge in [0.25, 0.3) is 0 Å². The molecule has 1 aliphatic carbocycles. The van der Waals surface area contributed by atoms with Gasteiger partial charge in [-0.25, -0.2) is 9.59 Å². The molecule has 0 radical (unpaired) electrons. The molecular weight excluding hydrogens is 554 g/mol. The summed E-state index contributed by atoms with van der Waals surface area (Å²) in [4.78, 5) is 25.7. The molecule has 6 rings (SSSR count). The number of ether oxygens (including phenoxy) is 2. The molecule has 214 valence electrons. The lowest BCUT2D eigenvalue weighted by molar-refractivity contribution is -0.140. The van der Waals surface area contributed by atoms with Crippen LogP contribution in [0, 0.1) is 0 Å². The summed E-state index contributed by atoms with van der Waals surface area (Å²) in [6.45, 7) is 0.0588. The van der Waals surface area contributed by atoms with Gasteiger partial charge in [-0.15, -0.1) is 11.8 Å². The Morgan fingerprint density at radius 2 is 1.07 bits per heavy atom. The molecule has 0 saturated heterocycles. The van der Waals surface area contributed by atoms with Crippen molar-refractivity contribution in [2.75, 3.05) is 12.4 Å². The van der Waals surface area contributed by atoms with Gasteiger partial charge in [-0.05, 0) is 38.9 Å². The van der Waals surface area contributed by atoms with Crippen molar-refractivity contribution in [3.8, 4) is 11.1 Å². The number of carbonyl (C=O) groups excluding carboxylic acids is 2. The number of fused-ring (bicyclic) bond motifs is 3. The van der Waals surface area contributed by atoms with E-state index in [9.17, 15) is 9.59 Å². The first-order chi connectivity index (χ1) is 21.1. The SMILES string of the molecule is N[C@@H](CSC(c1ccccc1)(c1ccccc1)c1ccccc1)C(=O)OC(=O)OCC1c2ccccc2-c2ccccc21. The van der Waals surface area contributed by atoms with Gasteiger partial charge in [0.05, 0.1) is 4.75 Å². The summed E-state index contributed by atoms with van der Waals surface area (Å²) < 4.78 is 9.91. The second-order valence-corrected chi connectivity index (χ2v) is 11.6. The highest BCUT2D eigenvalue weighted by atomic mass is 32.2. The van der Waals surface area contributed by atoms with E-state index in [-0.39, 0.29) is 18.3 Å². The molecule has 5 aromatic rings. The molecule has 0 unspecified atom stereocenters. The first kappa shape index (κ1) is 28.5. The molecule has 5 nitrogen and oxygen atoms in total. The molecule has 0 bridgehead atoms. The summed E-state index contributed by atoms with van der Waals surface area (Å²) in [5.74, 6) is -0.760. The highest BCUT2D eigenvalue weighted by Gasteiger charge is 2.38.